The van der Waals surface area contributed by atoms with E-state index in [0.29, 0.717) is 18.0 Å². The maximum Gasteiger partial charge on any atom is 0.230 e. The average Bonchev–Trinajstić information content (AvgIpc) is 2.28. The zero-order valence-corrected chi connectivity index (χ0v) is 11.1. The van der Waals surface area contributed by atoms with Gasteiger partial charge in [-0.15, -0.1) is 0 Å². The van der Waals surface area contributed by atoms with Crippen molar-refractivity contribution in [2.75, 3.05) is 0 Å². The highest BCUT2D eigenvalue weighted by Gasteiger charge is 2.18. The maximum absolute atomic E-state index is 11.8. The van der Waals surface area contributed by atoms with Gasteiger partial charge in [0.15, 0.2) is 0 Å². The first-order valence-electron chi connectivity index (χ1n) is 5.36. The summed E-state index contributed by atoms with van der Waals surface area (Å²) in [6.45, 7) is 2.26. The third kappa shape index (κ3) is 3.98. The van der Waals surface area contributed by atoms with Crippen LogP contribution in [-0.2, 0) is 11.3 Å². The second-order valence-electron chi connectivity index (χ2n) is 3.67. The minimum absolute atomic E-state index is 0.153. The Kier molecular flexibility index (Phi) is 5.38. The molecule has 0 heterocycles. The monoisotopic (exact) mass is 270 g/mol. The largest absolute Gasteiger partial charge is 0.393 e. The van der Waals surface area contributed by atoms with Gasteiger partial charge in [0.05, 0.1) is 10.9 Å². The van der Waals surface area contributed by atoms with Gasteiger partial charge in [0.2, 0.25) is 5.91 Å². The molecule has 1 aromatic rings. The first-order valence-corrected chi connectivity index (χ1v) is 6.15. The zero-order valence-electron chi connectivity index (χ0n) is 9.57. The highest BCUT2D eigenvalue weighted by Crippen LogP contribution is 2.14. The van der Waals surface area contributed by atoms with Crippen molar-refractivity contribution in [3.8, 4) is 0 Å². The molecule has 0 fully saturated rings. The third-order valence-corrected chi connectivity index (χ3v) is 3.13. The molecule has 1 aromatic carbocycles. The molecule has 0 spiro atoms. The maximum atomic E-state index is 11.8. The highest BCUT2D eigenvalue weighted by molar-refractivity contribution is 7.80. The van der Waals surface area contributed by atoms with Gasteiger partial charge in [0.25, 0.3) is 0 Å². The Bertz CT molecular complexity index is 423. The van der Waals surface area contributed by atoms with Crippen LogP contribution in [0.3, 0.4) is 0 Å². The van der Waals surface area contributed by atoms with E-state index in [-0.39, 0.29) is 10.9 Å². The van der Waals surface area contributed by atoms with Crippen LogP contribution in [0.25, 0.3) is 0 Å². The molecule has 0 aromatic heterocycles. The highest BCUT2D eigenvalue weighted by atomic mass is 35.5. The van der Waals surface area contributed by atoms with Gasteiger partial charge in [-0.05, 0) is 18.1 Å². The predicted molar refractivity (Wildman–Crippen MR) is 73.9 cm³/mol. The zero-order chi connectivity index (χ0) is 12.8. The SMILES string of the molecule is CCC(C(=O)NCc1ccccc1Cl)C(N)=S. The summed E-state index contributed by atoms with van der Waals surface area (Å²) in [6, 6.07) is 7.37. The van der Waals surface area contributed by atoms with Crippen LogP contribution in [0.15, 0.2) is 24.3 Å². The van der Waals surface area contributed by atoms with Crippen LogP contribution < -0.4 is 11.1 Å². The van der Waals surface area contributed by atoms with Gasteiger partial charge < -0.3 is 11.1 Å². The number of carbonyl (C=O) groups is 1. The summed E-state index contributed by atoms with van der Waals surface area (Å²) in [5.74, 6) is -0.563. The second-order valence-corrected chi connectivity index (χ2v) is 4.55. The number of nitrogens with two attached hydrogens (primary N) is 1. The molecule has 17 heavy (non-hydrogen) atoms. The van der Waals surface area contributed by atoms with Crippen molar-refractivity contribution in [2.24, 2.45) is 11.7 Å². The molecular formula is C12H15ClN2OS. The van der Waals surface area contributed by atoms with Crippen molar-refractivity contribution < 1.29 is 4.79 Å². The van der Waals surface area contributed by atoms with Crippen molar-refractivity contribution >= 4 is 34.7 Å². The van der Waals surface area contributed by atoms with Crippen molar-refractivity contribution in [2.45, 2.75) is 19.9 Å². The van der Waals surface area contributed by atoms with Crippen molar-refractivity contribution in [3.63, 3.8) is 0 Å². The summed E-state index contributed by atoms with van der Waals surface area (Å²) in [4.78, 5) is 12.0. The van der Waals surface area contributed by atoms with Crippen LogP contribution in [0.1, 0.15) is 18.9 Å². The number of carbonyl (C=O) groups excluding carboxylic acids is 1. The fraction of sp³-hybridized carbons (Fsp3) is 0.333. The molecule has 92 valence electrons. The molecule has 0 aliphatic carbocycles. The van der Waals surface area contributed by atoms with E-state index in [2.05, 4.69) is 5.32 Å². The van der Waals surface area contributed by atoms with Crippen LogP contribution in [0, 0.1) is 5.92 Å². The van der Waals surface area contributed by atoms with E-state index in [9.17, 15) is 4.79 Å². The summed E-state index contributed by atoms with van der Waals surface area (Å²) in [5.41, 5.74) is 6.37. The Morgan fingerprint density at radius 2 is 2.18 bits per heavy atom. The van der Waals surface area contributed by atoms with Crippen molar-refractivity contribution in [1.29, 1.82) is 0 Å². The minimum atomic E-state index is -0.410. The first kappa shape index (κ1) is 13.9. The summed E-state index contributed by atoms with van der Waals surface area (Å²) in [6.07, 6.45) is 0.601. The predicted octanol–water partition coefficient (Wildman–Crippen LogP) is 2.27. The van der Waals surface area contributed by atoms with E-state index in [0.717, 1.165) is 5.56 Å². The second kappa shape index (κ2) is 6.57. The molecule has 1 unspecified atom stereocenters. The normalized spacial score (nSPS) is 11.9. The van der Waals surface area contributed by atoms with E-state index in [4.69, 9.17) is 29.6 Å². The molecule has 0 aliphatic heterocycles. The number of rotatable bonds is 5. The molecule has 5 heteroatoms. The lowest BCUT2D eigenvalue weighted by Crippen LogP contribution is -2.37. The molecule has 0 radical (unpaired) electrons. The van der Waals surface area contributed by atoms with Gasteiger partial charge in [0, 0.05) is 11.6 Å². The molecule has 0 saturated carbocycles. The van der Waals surface area contributed by atoms with E-state index >= 15 is 0 Å². The van der Waals surface area contributed by atoms with Gasteiger partial charge in [-0.25, -0.2) is 0 Å². The lowest BCUT2D eigenvalue weighted by Gasteiger charge is -2.13. The number of hydrogen-bond acceptors (Lipinski definition) is 2. The van der Waals surface area contributed by atoms with E-state index in [1.54, 1.807) is 6.07 Å². The fourth-order valence-corrected chi connectivity index (χ4v) is 1.94. The van der Waals surface area contributed by atoms with Gasteiger partial charge in [-0.2, -0.15) is 0 Å². The Morgan fingerprint density at radius 1 is 1.53 bits per heavy atom. The molecule has 0 aliphatic rings. The number of hydrogen-bond donors (Lipinski definition) is 2. The molecule has 3 nitrogen and oxygen atoms in total. The molecule has 3 N–H and O–H groups in total. The van der Waals surface area contributed by atoms with Crippen LogP contribution in [-0.4, -0.2) is 10.9 Å². The average molecular weight is 271 g/mol. The number of thiocarbonyl (C=S) groups is 1. The minimum Gasteiger partial charge on any atom is -0.393 e. The van der Waals surface area contributed by atoms with E-state index < -0.39 is 5.92 Å². The molecular weight excluding hydrogens is 256 g/mol. The summed E-state index contributed by atoms with van der Waals surface area (Å²) in [7, 11) is 0. The van der Waals surface area contributed by atoms with Gasteiger partial charge in [-0.3, -0.25) is 4.79 Å². The van der Waals surface area contributed by atoms with E-state index in [1.165, 1.54) is 0 Å². The molecule has 0 bridgehead atoms. The Labute approximate surface area is 111 Å². The Balaban J connectivity index is 2.59. The summed E-state index contributed by atoms with van der Waals surface area (Å²) >= 11 is 10.8. The van der Waals surface area contributed by atoms with Crippen molar-refractivity contribution in [3.05, 3.63) is 34.9 Å². The fourth-order valence-electron chi connectivity index (χ4n) is 1.46. The lowest BCUT2D eigenvalue weighted by atomic mass is 10.1. The topological polar surface area (TPSA) is 55.1 Å². The standard InChI is InChI=1S/C12H15ClN2OS/c1-2-9(11(14)17)12(16)15-7-8-5-3-4-6-10(8)13/h3-6,9H,2,7H2,1H3,(H2,14,17)(H,15,16). The van der Waals surface area contributed by atoms with Gasteiger partial charge in [0.1, 0.15) is 0 Å². The molecule has 1 amide bonds. The summed E-state index contributed by atoms with van der Waals surface area (Å²) in [5, 5.41) is 3.42. The van der Waals surface area contributed by atoms with Crippen LogP contribution in [0.4, 0.5) is 0 Å². The Morgan fingerprint density at radius 3 is 2.71 bits per heavy atom. The number of amides is 1. The van der Waals surface area contributed by atoms with Crippen molar-refractivity contribution in [1.82, 2.24) is 5.32 Å². The first-order chi connectivity index (χ1) is 8.06. The van der Waals surface area contributed by atoms with Crippen LogP contribution >= 0.6 is 23.8 Å². The van der Waals surface area contributed by atoms with Gasteiger partial charge >= 0.3 is 0 Å². The summed E-state index contributed by atoms with van der Waals surface area (Å²) < 4.78 is 0. The molecule has 1 rings (SSSR count). The number of nitrogens with one attached hydrogen (secondary N) is 1. The van der Waals surface area contributed by atoms with Crippen LogP contribution in [0.2, 0.25) is 5.02 Å². The third-order valence-electron chi connectivity index (χ3n) is 2.48. The lowest BCUT2D eigenvalue weighted by molar-refractivity contribution is -0.123. The van der Waals surface area contributed by atoms with Crippen LogP contribution in [0.5, 0.6) is 0 Å². The smallest absolute Gasteiger partial charge is 0.230 e. The van der Waals surface area contributed by atoms with Gasteiger partial charge in [-0.1, -0.05) is 48.9 Å². The number of halogens is 1. The number of benzene rings is 1. The quantitative estimate of drug-likeness (QED) is 0.807. The molecule has 0 saturated heterocycles. The van der Waals surface area contributed by atoms with E-state index in [1.807, 2.05) is 25.1 Å². The Hall–Kier alpha value is -1.13. The molecule has 1 atom stereocenters.